The topological polar surface area (TPSA) is 34.0 Å². The standard InChI is InChI=1S/C26H25FN2OS/c1-18-7-8-19(2)21(13-18)15-29-16-25(23-5-3-4-6-24(23)29)31-17-26(30)28-14-20-9-11-22(27)12-10-20/h3-13,16H,14-15,17H2,1-2H3,(H,28,30). The molecular weight excluding hydrogens is 407 g/mol. The molecule has 1 aromatic heterocycles. The monoisotopic (exact) mass is 432 g/mol. The van der Waals surface area contributed by atoms with Crippen molar-refractivity contribution in [2.24, 2.45) is 0 Å². The second-order valence-corrected chi connectivity index (χ2v) is 8.78. The van der Waals surface area contributed by atoms with Crippen LogP contribution in [0.15, 0.2) is 77.8 Å². The van der Waals surface area contributed by atoms with Gasteiger partial charge in [-0.1, -0.05) is 54.1 Å². The molecule has 0 saturated carbocycles. The predicted octanol–water partition coefficient (Wildman–Crippen LogP) is 5.85. The summed E-state index contributed by atoms with van der Waals surface area (Å²) < 4.78 is 15.3. The fourth-order valence-corrected chi connectivity index (χ4v) is 4.53. The molecule has 0 saturated heterocycles. The number of benzene rings is 3. The van der Waals surface area contributed by atoms with E-state index in [1.165, 1.54) is 28.8 Å². The average molecular weight is 433 g/mol. The number of para-hydroxylation sites is 1. The molecule has 1 amide bonds. The van der Waals surface area contributed by atoms with E-state index in [1.807, 2.05) is 12.1 Å². The van der Waals surface area contributed by atoms with E-state index in [4.69, 9.17) is 0 Å². The van der Waals surface area contributed by atoms with E-state index in [0.717, 1.165) is 27.9 Å². The van der Waals surface area contributed by atoms with E-state index in [0.29, 0.717) is 12.3 Å². The number of amides is 1. The fourth-order valence-electron chi connectivity index (χ4n) is 3.61. The van der Waals surface area contributed by atoms with Crippen LogP contribution in [0.4, 0.5) is 4.39 Å². The van der Waals surface area contributed by atoms with E-state index in [-0.39, 0.29) is 11.7 Å². The van der Waals surface area contributed by atoms with E-state index in [2.05, 4.69) is 60.3 Å². The van der Waals surface area contributed by atoms with Crippen molar-refractivity contribution in [1.82, 2.24) is 9.88 Å². The molecule has 0 bridgehead atoms. The van der Waals surface area contributed by atoms with Crippen LogP contribution in [0.25, 0.3) is 10.9 Å². The molecule has 1 heterocycles. The number of aryl methyl sites for hydroxylation is 2. The van der Waals surface area contributed by atoms with Gasteiger partial charge in [0.1, 0.15) is 5.82 Å². The number of hydrogen-bond donors (Lipinski definition) is 1. The molecule has 5 heteroatoms. The fraction of sp³-hybridized carbons (Fsp3) is 0.192. The molecule has 0 aliphatic heterocycles. The Morgan fingerprint density at radius 2 is 1.81 bits per heavy atom. The summed E-state index contributed by atoms with van der Waals surface area (Å²) in [5.74, 6) is 0.0159. The molecular formula is C26H25FN2OS. The highest BCUT2D eigenvalue weighted by molar-refractivity contribution is 8.00. The van der Waals surface area contributed by atoms with Gasteiger partial charge in [0.15, 0.2) is 0 Å². The van der Waals surface area contributed by atoms with Crippen molar-refractivity contribution in [1.29, 1.82) is 0 Å². The van der Waals surface area contributed by atoms with Gasteiger partial charge >= 0.3 is 0 Å². The number of nitrogens with one attached hydrogen (secondary N) is 1. The van der Waals surface area contributed by atoms with E-state index in [9.17, 15) is 9.18 Å². The largest absolute Gasteiger partial charge is 0.351 e. The van der Waals surface area contributed by atoms with Crippen LogP contribution < -0.4 is 5.32 Å². The van der Waals surface area contributed by atoms with Gasteiger partial charge < -0.3 is 9.88 Å². The predicted molar refractivity (Wildman–Crippen MR) is 126 cm³/mol. The smallest absolute Gasteiger partial charge is 0.230 e. The third-order valence-electron chi connectivity index (χ3n) is 5.36. The molecule has 0 aliphatic carbocycles. The van der Waals surface area contributed by atoms with Crippen LogP contribution in [0.2, 0.25) is 0 Å². The zero-order valence-electron chi connectivity index (χ0n) is 17.7. The van der Waals surface area contributed by atoms with Gasteiger partial charge in [-0.15, -0.1) is 11.8 Å². The molecule has 0 atom stereocenters. The zero-order valence-corrected chi connectivity index (χ0v) is 18.5. The first-order valence-corrected chi connectivity index (χ1v) is 11.3. The molecule has 4 aromatic rings. The minimum Gasteiger partial charge on any atom is -0.351 e. The lowest BCUT2D eigenvalue weighted by molar-refractivity contribution is -0.118. The van der Waals surface area contributed by atoms with Crippen LogP contribution in [0.5, 0.6) is 0 Å². The number of halogens is 1. The summed E-state index contributed by atoms with van der Waals surface area (Å²) in [4.78, 5) is 13.5. The van der Waals surface area contributed by atoms with Crippen molar-refractivity contribution >= 4 is 28.6 Å². The number of carbonyl (C=O) groups is 1. The summed E-state index contributed by atoms with van der Waals surface area (Å²) in [5.41, 5.74) is 5.87. The summed E-state index contributed by atoms with van der Waals surface area (Å²) in [5, 5.41) is 4.06. The van der Waals surface area contributed by atoms with Crippen molar-refractivity contribution in [3.05, 3.63) is 101 Å². The Labute approximate surface area is 186 Å². The minimum atomic E-state index is -0.275. The number of aromatic nitrogens is 1. The highest BCUT2D eigenvalue weighted by atomic mass is 32.2. The second kappa shape index (κ2) is 9.40. The minimum absolute atomic E-state index is 0.0410. The lowest BCUT2D eigenvalue weighted by Crippen LogP contribution is -2.24. The number of nitrogens with zero attached hydrogens (tertiary/aromatic N) is 1. The van der Waals surface area contributed by atoms with Crippen LogP contribution in [-0.4, -0.2) is 16.2 Å². The summed E-state index contributed by atoms with van der Waals surface area (Å²) in [7, 11) is 0. The van der Waals surface area contributed by atoms with Crippen LogP contribution in [0.3, 0.4) is 0 Å². The van der Waals surface area contributed by atoms with Crippen molar-refractivity contribution in [2.75, 3.05) is 5.75 Å². The van der Waals surface area contributed by atoms with E-state index < -0.39 is 0 Å². The molecule has 0 unspecified atom stereocenters. The van der Waals surface area contributed by atoms with E-state index in [1.54, 1.807) is 23.9 Å². The number of thioether (sulfide) groups is 1. The van der Waals surface area contributed by atoms with E-state index >= 15 is 0 Å². The third kappa shape index (κ3) is 5.17. The summed E-state index contributed by atoms with van der Waals surface area (Å²) >= 11 is 1.54. The first kappa shape index (κ1) is 21.2. The van der Waals surface area contributed by atoms with Gasteiger partial charge in [-0.25, -0.2) is 4.39 Å². The highest BCUT2D eigenvalue weighted by Crippen LogP contribution is 2.31. The van der Waals surface area contributed by atoms with Crippen LogP contribution >= 0.6 is 11.8 Å². The molecule has 3 nitrogen and oxygen atoms in total. The van der Waals surface area contributed by atoms with Crippen molar-refractivity contribution < 1.29 is 9.18 Å². The summed E-state index contributed by atoms with van der Waals surface area (Å²) in [6.07, 6.45) is 2.14. The molecule has 0 aliphatic rings. The number of rotatable bonds is 7. The molecule has 0 fully saturated rings. The molecule has 4 rings (SSSR count). The van der Waals surface area contributed by atoms with Crippen LogP contribution in [0.1, 0.15) is 22.3 Å². The van der Waals surface area contributed by atoms with Gasteiger partial charge in [-0.2, -0.15) is 0 Å². The maximum absolute atomic E-state index is 13.0. The number of carbonyl (C=O) groups excluding carboxylic acids is 1. The van der Waals surface area contributed by atoms with Gasteiger partial charge in [-0.05, 0) is 48.7 Å². The SMILES string of the molecule is Cc1ccc(C)c(Cn2cc(SCC(=O)NCc3ccc(F)cc3)c3ccccc32)c1. The second-order valence-electron chi connectivity index (χ2n) is 7.76. The number of hydrogen-bond acceptors (Lipinski definition) is 2. The Hall–Kier alpha value is -3.05. The average Bonchev–Trinajstić information content (AvgIpc) is 3.12. The molecule has 0 spiro atoms. The molecule has 1 N–H and O–H groups in total. The normalized spacial score (nSPS) is 11.1. The van der Waals surface area contributed by atoms with Crippen LogP contribution in [-0.2, 0) is 17.9 Å². The summed E-state index contributed by atoms with van der Waals surface area (Å²) in [6, 6.07) is 21.0. The molecule has 0 radical (unpaired) electrons. The Morgan fingerprint density at radius 3 is 2.61 bits per heavy atom. The van der Waals surface area contributed by atoms with Crippen molar-refractivity contribution in [3.8, 4) is 0 Å². The third-order valence-corrected chi connectivity index (χ3v) is 6.40. The van der Waals surface area contributed by atoms with Crippen LogP contribution in [0, 0.1) is 19.7 Å². The maximum Gasteiger partial charge on any atom is 0.230 e. The quantitative estimate of drug-likeness (QED) is 0.372. The Morgan fingerprint density at radius 1 is 1.03 bits per heavy atom. The van der Waals surface area contributed by atoms with Gasteiger partial charge in [-0.3, -0.25) is 4.79 Å². The van der Waals surface area contributed by atoms with Gasteiger partial charge in [0.05, 0.1) is 5.75 Å². The van der Waals surface area contributed by atoms with Gasteiger partial charge in [0, 0.05) is 35.1 Å². The lowest BCUT2D eigenvalue weighted by Gasteiger charge is -2.09. The Bertz CT molecular complexity index is 1210. The molecule has 31 heavy (non-hydrogen) atoms. The zero-order chi connectivity index (χ0) is 21.8. The first-order chi connectivity index (χ1) is 15.0. The van der Waals surface area contributed by atoms with Crippen molar-refractivity contribution in [2.45, 2.75) is 31.8 Å². The van der Waals surface area contributed by atoms with Crippen molar-refractivity contribution in [3.63, 3.8) is 0 Å². The Balaban J connectivity index is 1.46. The van der Waals surface area contributed by atoms with Gasteiger partial charge in [0.2, 0.25) is 5.91 Å². The Kier molecular flexibility index (Phi) is 6.42. The summed E-state index contributed by atoms with van der Waals surface area (Å²) in [6.45, 7) is 5.45. The van der Waals surface area contributed by atoms with Gasteiger partial charge in [0.25, 0.3) is 0 Å². The lowest BCUT2D eigenvalue weighted by atomic mass is 10.1. The highest BCUT2D eigenvalue weighted by Gasteiger charge is 2.12. The molecule has 158 valence electrons. The number of fused-ring (bicyclic) bond motifs is 1. The maximum atomic E-state index is 13.0. The molecule has 3 aromatic carbocycles. The first-order valence-electron chi connectivity index (χ1n) is 10.3.